The van der Waals surface area contributed by atoms with Crippen LogP contribution in [0.15, 0.2) is 0 Å². The predicted molar refractivity (Wildman–Crippen MR) is 15.7 cm³/mol. The minimum atomic E-state index is -5.36. The Kier molecular flexibility index (Phi) is 23.3. The second-order valence-electron chi connectivity index (χ2n) is 0.524. The van der Waals surface area contributed by atoms with Crippen molar-refractivity contribution in [3.8, 4) is 0 Å². The first-order valence-corrected chi connectivity index (χ1v) is 2.51. The molecule has 0 atom stereocenters. The van der Waals surface area contributed by atoms with Gasteiger partial charge in [-0.25, -0.2) is 0 Å². The van der Waals surface area contributed by atoms with E-state index in [9.17, 15) is 0 Å². The Bertz CT molecular complexity index is 27.9. The topological polar surface area (TPSA) is 119 Å². The summed E-state index contributed by atoms with van der Waals surface area (Å²) >= 11 is 0. The summed E-state index contributed by atoms with van der Waals surface area (Å²) in [5.41, 5.74) is 0. The molecular weight excluding hydrogens is 142 g/mol. The van der Waals surface area contributed by atoms with E-state index in [0.29, 0.717) is 0 Å². The van der Waals surface area contributed by atoms with Crippen LogP contribution >= 0.6 is 0 Å². The van der Waals surface area contributed by atoms with Crippen molar-refractivity contribution in [1.82, 2.24) is 0 Å². The molecule has 0 saturated carbocycles. The van der Waals surface area contributed by atoms with Crippen LogP contribution in [0.5, 0.6) is 0 Å². The quantitative estimate of drug-likeness (QED) is 0.338. The zero-order valence-electron chi connectivity index (χ0n) is 4.20. The molecule has 0 fully saturated rings. The van der Waals surface area contributed by atoms with Crippen molar-refractivity contribution >= 4 is 26.4 Å². The molecule has 0 saturated heterocycles. The Morgan fingerprint density at radius 2 is 1.12 bits per heavy atom. The SMILES string of the molecule is [Al+3].[Li+].[O-][Si]([O-])([O-])O.[OH-]. The fraction of sp³-hybridized carbons (Fsp3) is 0. The largest absolute Gasteiger partial charge is 3.00 e. The molecule has 0 heterocycles. The first-order valence-electron chi connectivity index (χ1n) is 0.836. The van der Waals surface area contributed by atoms with E-state index in [4.69, 9.17) is 19.2 Å². The second kappa shape index (κ2) is 8.15. The van der Waals surface area contributed by atoms with Gasteiger partial charge in [0.2, 0.25) is 0 Å². The molecule has 40 valence electrons. The van der Waals surface area contributed by atoms with Gasteiger partial charge in [-0.2, -0.15) is 0 Å². The maximum Gasteiger partial charge on any atom is 3.00 e. The zero-order chi connectivity index (χ0) is 4.50. The molecule has 0 spiro atoms. The maximum absolute atomic E-state index is 8.69. The molecule has 2 N–H and O–H groups in total. The molecule has 0 unspecified atom stereocenters. The minimum absolute atomic E-state index is 0. The third-order valence-corrected chi connectivity index (χ3v) is 0. The maximum atomic E-state index is 8.69. The summed E-state index contributed by atoms with van der Waals surface area (Å²) in [5.74, 6) is 0. The zero-order valence-corrected chi connectivity index (χ0v) is 6.35. The van der Waals surface area contributed by atoms with Crippen molar-refractivity contribution in [2.24, 2.45) is 0 Å². The second-order valence-corrected chi connectivity index (χ2v) is 1.57. The van der Waals surface area contributed by atoms with E-state index in [1.165, 1.54) is 0 Å². The Morgan fingerprint density at radius 1 is 1.12 bits per heavy atom. The van der Waals surface area contributed by atoms with Crippen LogP contribution in [0, 0.1) is 0 Å². The van der Waals surface area contributed by atoms with E-state index in [2.05, 4.69) is 0 Å². The molecule has 0 aromatic heterocycles. The minimum Gasteiger partial charge on any atom is -0.870 e. The van der Waals surface area contributed by atoms with Crippen molar-refractivity contribution in [2.75, 3.05) is 0 Å². The number of hydrogen-bond donors (Lipinski definition) is 1. The van der Waals surface area contributed by atoms with E-state index < -0.39 is 9.05 Å². The third-order valence-electron chi connectivity index (χ3n) is 0. The average molecular weight is 144 g/mol. The fourth-order valence-electron chi connectivity index (χ4n) is 0. The molecule has 0 aliphatic heterocycles. The molecule has 0 aliphatic carbocycles. The van der Waals surface area contributed by atoms with Crippen LogP contribution in [-0.2, 0) is 0 Å². The standard InChI is InChI=1S/Al.Li.HO4Si.H2O/c;;1-5(2,3)4;/h;;1H;1H2/q+3;+1;-3;/p-1. The van der Waals surface area contributed by atoms with Crippen molar-refractivity contribution < 1.29 is 43.5 Å². The van der Waals surface area contributed by atoms with Crippen LogP contribution in [0.3, 0.4) is 0 Å². The Morgan fingerprint density at radius 3 is 1.12 bits per heavy atom. The van der Waals surface area contributed by atoms with Gasteiger partial charge in [0.05, 0.1) is 0 Å². The average Bonchev–Trinajstić information content (AvgIpc) is 0.722. The summed E-state index contributed by atoms with van der Waals surface area (Å²) in [6.45, 7) is 0. The van der Waals surface area contributed by atoms with Gasteiger partial charge in [0.1, 0.15) is 0 Å². The molecule has 0 aromatic rings. The summed E-state index contributed by atoms with van der Waals surface area (Å²) < 4.78 is 0. The van der Waals surface area contributed by atoms with Gasteiger partial charge in [-0.3, -0.25) is 0 Å². The van der Waals surface area contributed by atoms with Crippen LogP contribution < -0.4 is 33.2 Å². The van der Waals surface area contributed by atoms with Crippen LogP contribution in [-0.4, -0.2) is 36.7 Å². The Hall–Kier alpha value is 1.15. The Labute approximate surface area is 70.1 Å². The van der Waals surface area contributed by atoms with Crippen molar-refractivity contribution in [2.45, 2.75) is 0 Å². The van der Waals surface area contributed by atoms with E-state index in [-0.39, 0.29) is 41.7 Å². The summed E-state index contributed by atoms with van der Waals surface area (Å²) in [6, 6.07) is 0. The van der Waals surface area contributed by atoms with Gasteiger partial charge in [-0.15, -0.1) is 9.05 Å². The van der Waals surface area contributed by atoms with Crippen LogP contribution in [0.2, 0.25) is 0 Å². The molecule has 8 heteroatoms. The summed E-state index contributed by atoms with van der Waals surface area (Å²) in [4.78, 5) is 33.1. The third kappa shape index (κ3) is 205. The summed E-state index contributed by atoms with van der Waals surface area (Å²) in [7, 11) is -5.36. The fourth-order valence-corrected chi connectivity index (χ4v) is 0. The summed E-state index contributed by atoms with van der Waals surface area (Å²) in [6.07, 6.45) is 0. The van der Waals surface area contributed by atoms with Crippen LogP contribution in [0.1, 0.15) is 0 Å². The molecule has 0 bridgehead atoms. The molecule has 0 radical (unpaired) electrons. The molecule has 0 amide bonds. The van der Waals surface area contributed by atoms with E-state index >= 15 is 0 Å². The molecular formula is H2AlLiO5Si. The van der Waals surface area contributed by atoms with E-state index in [1.54, 1.807) is 0 Å². The Balaban J connectivity index is -0.0000000267. The van der Waals surface area contributed by atoms with Gasteiger partial charge in [0.15, 0.2) is 0 Å². The van der Waals surface area contributed by atoms with Gasteiger partial charge in [-0.05, 0) is 0 Å². The van der Waals surface area contributed by atoms with Gasteiger partial charge >= 0.3 is 36.2 Å². The molecule has 0 aromatic carbocycles. The molecule has 8 heavy (non-hydrogen) atoms. The predicted octanol–water partition coefficient (Wildman–Crippen LogP) is -8.06. The number of rotatable bonds is 0. The monoisotopic (exact) mass is 144 g/mol. The summed E-state index contributed by atoms with van der Waals surface area (Å²) in [5, 5.41) is 0. The van der Waals surface area contributed by atoms with E-state index in [1.807, 2.05) is 0 Å². The van der Waals surface area contributed by atoms with Crippen molar-refractivity contribution in [3.63, 3.8) is 0 Å². The molecule has 0 aliphatic rings. The van der Waals surface area contributed by atoms with Gasteiger partial charge in [0.25, 0.3) is 0 Å². The molecule has 0 rings (SSSR count). The van der Waals surface area contributed by atoms with Crippen LogP contribution in [0.4, 0.5) is 0 Å². The van der Waals surface area contributed by atoms with Crippen molar-refractivity contribution in [1.29, 1.82) is 0 Å². The van der Waals surface area contributed by atoms with E-state index in [0.717, 1.165) is 0 Å². The first kappa shape index (κ1) is 22.9. The van der Waals surface area contributed by atoms with Crippen LogP contribution in [0.25, 0.3) is 0 Å². The van der Waals surface area contributed by atoms with Gasteiger partial charge < -0.3 is 24.7 Å². The van der Waals surface area contributed by atoms with Gasteiger partial charge in [-0.1, -0.05) is 0 Å². The normalized spacial score (nSPS) is 7.50. The van der Waals surface area contributed by atoms with Crippen molar-refractivity contribution in [3.05, 3.63) is 0 Å². The smallest absolute Gasteiger partial charge is 0.870 e. The van der Waals surface area contributed by atoms with Gasteiger partial charge in [0, 0.05) is 0 Å². The number of hydrogen-bond acceptors (Lipinski definition) is 5. The molecule has 5 nitrogen and oxygen atoms in total. The first-order chi connectivity index (χ1) is 2.00.